The van der Waals surface area contributed by atoms with E-state index in [1.807, 2.05) is 6.07 Å². The van der Waals surface area contributed by atoms with Gasteiger partial charge in [-0.05, 0) is 31.5 Å². The van der Waals surface area contributed by atoms with Crippen molar-refractivity contribution in [1.29, 1.82) is 0 Å². The van der Waals surface area contributed by atoms with Crippen LogP contribution in [0.3, 0.4) is 0 Å². The Bertz CT molecular complexity index is 515. The summed E-state index contributed by atoms with van der Waals surface area (Å²) in [6.45, 7) is 2.75. The van der Waals surface area contributed by atoms with Gasteiger partial charge in [-0.1, -0.05) is 11.8 Å². The number of hydrogen-bond acceptors (Lipinski definition) is 4. The van der Waals surface area contributed by atoms with E-state index in [1.165, 1.54) is 4.88 Å². The highest BCUT2D eigenvalue weighted by Gasteiger charge is 2.23. The molecule has 5 heteroatoms. The summed E-state index contributed by atoms with van der Waals surface area (Å²) in [5.41, 5.74) is 5.39. The first kappa shape index (κ1) is 15.0. The van der Waals surface area contributed by atoms with Crippen molar-refractivity contribution in [1.82, 2.24) is 4.90 Å². The zero-order valence-electron chi connectivity index (χ0n) is 11.5. The van der Waals surface area contributed by atoms with Crippen LogP contribution in [0.15, 0.2) is 12.1 Å². The normalized spacial score (nSPS) is 19.4. The molecule has 0 aliphatic carbocycles. The second-order valence-corrected chi connectivity index (χ2v) is 6.19. The Morgan fingerprint density at radius 2 is 2.40 bits per heavy atom. The molecule has 4 nitrogen and oxygen atoms in total. The molecule has 1 atom stereocenters. The van der Waals surface area contributed by atoms with Gasteiger partial charge in [0.1, 0.15) is 0 Å². The van der Waals surface area contributed by atoms with Crippen molar-refractivity contribution in [2.45, 2.75) is 25.8 Å². The third-order valence-corrected chi connectivity index (χ3v) is 4.38. The molecule has 1 amide bonds. The van der Waals surface area contributed by atoms with Crippen LogP contribution < -0.4 is 5.73 Å². The lowest BCUT2D eigenvalue weighted by Gasteiger charge is -2.30. The number of nitrogens with zero attached hydrogens (tertiary/aromatic N) is 1. The highest BCUT2D eigenvalue weighted by atomic mass is 32.1. The van der Waals surface area contributed by atoms with Crippen LogP contribution >= 0.6 is 11.3 Å². The van der Waals surface area contributed by atoms with Crippen molar-refractivity contribution >= 4 is 17.2 Å². The molecule has 1 fully saturated rings. The van der Waals surface area contributed by atoms with Gasteiger partial charge in [-0.15, -0.1) is 11.3 Å². The fraction of sp³-hybridized carbons (Fsp3) is 0.533. The number of aliphatic hydroxyl groups excluding tert-OH is 1. The third kappa shape index (κ3) is 4.34. The van der Waals surface area contributed by atoms with Crippen LogP contribution in [0.1, 0.15) is 29.0 Å². The predicted molar refractivity (Wildman–Crippen MR) is 80.1 cm³/mol. The summed E-state index contributed by atoms with van der Waals surface area (Å²) in [5.74, 6) is 5.78. The van der Waals surface area contributed by atoms with Crippen LogP contribution in [-0.2, 0) is 11.3 Å². The van der Waals surface area contributed by atoms with E-state index in [0.717, 1.165) is 37.4 Å². The minimum atomic E-state index is -0.184. The molecule has 0 spiro atoms. The van der Waals surface area contributed by atoms with Crippen molar-refractivity contribution in [2.75, 3.05) is 19.7 Å². The molecule has 1 aliphatic heterocycles. The molecule has 1 unspecified atom stereocenters. The van der Waals surface area contributed by atoms with Gasteiger partial charge in [0, 0.05) is 24.4 Å². The number of carbonyl (C=O) groups excluding carboxylic acids is 1. The number of rotatable bonds is 4. The van der Waals surface area contributed by atoms with E-state index in [9.17, 15) is 4.79 Å². The molecule has 2 rings (SSSR count). The molecule has 2 heterocycles. The maximum atomic E-state index is 11.3. The van der Waals surface area contributed by atoms with Crippen LogP contribution in [0.25, 0.3) is 0 Å². The number of hydrogen-bond donors (Lipinski definition) is 2. The Morgan fingerprint density at radius 1 is 1.55 bits per heavy atom. The zero-order chi connectivity index (χ0) is 14.4. The lowest BCUT2D eigenvalue weighted by molar-refractivity contribution is -0.123. The molecule has 108 valence electrons. The molecular weight excluding hydrogens is 272 g/mol. The van der Waals surface area contributed by atoms with E-state index < -0.39 is 0 Å². The maximum Gasteiger partial charge on any atom is 0.221 e. The second kappa shape index (κ2) is 7.44. The molecule has 3 N–H and O–H groups in total. The first-order chi connectivity index (χ1) is 9.69. The topological polar surface area (TPSA) is 66.6 Å². The van der Waals surface area contributed by atoms with Crippen LogP contribution in [0.2, 0.25) is 0 Å². The summed E-state index contributed by atoms with van der Waals surface area (Å²) in [6, 6.07) is 4.10. The predicted octanol–water partition coefficient (Wildman–Crippen LogP) is 1.18. The lowest BCUT2D eigenvalue weighted by atomic mass is 9.97. The monoisotopic (exact) mass is 292 g/mol. The van der Waals surface area contributed by atoms with Gasteiger partial charge < -0.3 is 10.8 Å². The van der Waals surface area contributed by atoms with Crippen molar-refractivity contribution in [3.63, 3.8) is 0 Å². The number of piperidine rings is 1. The molecule has 1 aromatic heterocycles. The van der Waals surface area contributed by atoms with E-state index in [4.69, 9.17) is 10.8 Å². The number of nitrogens with two attached hydrogens (primary N) is 1. The van der Waals surface area contributed by atoms with Gasteiger partial charge >= 0.3 is 0 Å². The summed E-state index contributed by atoms with van der Waals surface area (Å²) < 4.78 is 0. The number of primary amides is 1. The maximum absolute atomic E-state index is 11.3. The number of thiophene rings is 1. The molecule has 1 aliphatic rings. The zero-order valence-corrected chi connectivity index (χ0v) is 12.3. The third-order valence-electron chi connectivity index (χ3n) is 3.40. The summed E-state index contributed by atoms with van der Waals surface area (Å²) in [6.07, 6.45) is 2.45. The van der Waals surface area contributed by atoms with Gasteiger partial charge in [0.05, 0.1) is 17.4 Å². The van der Waals surface area contributed by atoms with Crippen LogP contribution in [0.5, 0.6) is 0 Å². The van der Waals surface area contributed by atoms with Crippen molar-refractivity contribution < 1.29 is 9.90 Å². The van der Waals surface area contributed by atoms with Crippen LogP contribution in [-0.4, -0.2) is 35.6 Å². The fourth-order valence-corrected chi connectivity index (χ4v) is 3.31. The first-order valence-electron chi connectivity index (χ1n) is 6.89. The Kier molecular flexibility index (Phi) is 5.60. The SMILES string of the molecule is NC(=O)C1CCCN(Cc2ccc(C#CCCO)s2)C1. The van der Waals surface area contributed by atoms with Gasteiger partial charge in [0.25, 0.3) is 0 Å². The number of carbonyl (C=O) groups is 1. The molecule has 0 saturated carbocycles. The molecule has 0 bridgehead atoms. The van der Waals surface area contributed by atoms with Crippen LogP contribution in [0, 0.1) is 17.8 Å². The number of amides is 1. The largest absolute Gasteiger partial charge is 0.395 e. The van der Waals surface area contributed by atoms with Crippen LogP contribution in [0.4, 0.5) is 0 Å². The van der Waals surface area contributed by atoms with Gasteiger partial charge in [-0.2, -0.15) is 0 Å². The quantitative estimate of drug-likeness (QED) is 0.819. The van der Waals surface area contributed by atoms with Gasteiger partial charge in [0.15, 0.2) is 0 Å². The van der Waals surface area contributed by atoms with E-state index in [0.29, 0.717) is 6.42 Å². The average Bonchev–Trinajstić information content (AvgIpc) is 2.87. The molecule has 1 aromatic rings. The Morgan fingerprint density at radius 3 is 3.15 bits per heavy atom. The van der Waals surface area contributed by atoms with E-state index in [2.05, 4.69) is 22.8 Å². The van der Waals surface area contributed by atoms with Gasteiger partial charge in [-0.3, -0.25) is 9.69 Å². The smallest absolute Gasteiger partial charge is 0.221 e. The minimum Gasteiger partial charge on any atom is -0.395 e. The van der Waals surface area contributed by atoms with E-state index in [-0.39, 0.29) is 18.4 Å². The Labute approximate surface area is 123 Å². The van der Waals surface area contributed by atoms with Crippen molar-refractivity contribution in [3.05, 3.63) is 21.9 Å². The Hall–Kier alpha value is -1.35. The highest BCUT2D eigenvalue weighted by molar-refractivity contribution is 7.12. The second-order valence-electron chi connectivity index (χ2n) is 5.02. The molecule has 0 radical (unpaired) electrons. The van der Waals surface area contributed by atoms with E-state index >= 15 is 0 Å². The number of aliphatic hydroxyl groups is 1. The van der Waals surface area contributed by atoms with Gasteiger partial charge in [-0.25, -0.2) is 0 Å². The fourth-order valence-electron chi connectivity index (χ4n) is 2.39. The first-order valence-corrected chi connectivity index (χ1v) is 7.71. The highest BCUT2D eigenvalue weighted by Crippen LogP contribution is 2.22. The van der Waals surface area contributed by atoms with E-state index in [1.54, 1.807) is 11.3 Å². The molecule has 1 saturated heterocycles. The lowest BCUT2D eigenvalue weighted by Crippen LogP contribution is -2.40. The number of likely N-dealkylation sites (tertiary alicyclic amines) is 1. The standard InChI is InChI=1S/C15H20N2O2S/c16-15(19)12-4-3-8-17(10-12)11-14-7-6-13(20-14)5-1-2-9-18/h6-7,12,18H,2-4,8-11H2,(H2,16,19). The Balaban J connectivity index is 1.90. The van der Waals surface area contributed by atoms with Gasteiger partial charge in [0.2, 0.25) is 5.91 Å². The minimum absolute atomic E-state index is 0.00692. The summed E-state index contributed by atoms with van der Waals surface area (Å²) in [7, 11) is 0. The summed E-state index contributed by atoms with van der Waals surface area (Å²) in [4.78, 5) is 15.8. The summed E-state index contributed by atoms with van der Waals surface area (Å²) >= 11 is 1.67. The molecule has 0 aromatic carbocycles. The summed E-state index contributed by atoms with van der Waals surface area (Å²) in [5, 5.41) is 8.69. The molecule has 20 heavy (non-hydrogen) atoms. The van der Waals surface area contributed by atoms with Crippen molar-refractivity contribution in [3.8, 4) is 11.8 Å². The van der Waals surface area contributed by atoms with Crippen molar-refractivity contribution in [2.24, 2.45) is 11.7 Å². The average molecular weight is 292 g/mol. The molecular formula is C15H20N2O2S.